The zero-order valence-corrected chi connectivity index (χ0v) is 12.8. The molecule has 1 heteroatoms. The van der Waals surface area contributed by atoms with Crippen molar-refractivity contribution in [3.05, 3.63) is 47.6 Å². The van der Waals surface area contributed by atoms with Crippen LogP contribution in [-0.2, 0) is 26.2 Å². The van der Waals surface area contributed by atoms with Gasteiger partial charge in [0.1, 0.15) is 0 Å². The monoisotopic (exact) mass is 290 g/mol. The van der Waals surface area contributed by atoms with Crippen molar-refractivity contribution in [2.24, 2.45) is 0 Å². The van der Waals surface area contributed by atoms with Crippen LogP contribution in [0.25, 0.3) is 0 Å². The molecule has 0 aromatic rings. The maximum absolute atomic E-state index is 3.30. The molecule has 0 fully saturated rings. The van der Waals surface area contributed by atoms with Crippen molar-refractivity contribution in [2.75, 3.05) is 0 Å². The minimum absolute atomic E-state index is 0. The van der Waals surface area contributed by atoms with Gasteiger partial charge < -0.3 is 0 Å². The summed E-state index contributed by atoms with van der Waals surface area (Å²) in [5, 5.41) is 0. The maximum Gasteiger partial charge on any atom is 2.00 e. The van der Waals surface area contributed by atoms with E-state index in [1.165, 1.54) is 30.4 Å². The Hall–Kier alpha value is -0.157. The molecule has 16 heavy (non-hydrogen) atoms. The van der Waals surface area contributed by atoms with E-state index >= 15 is 0 Å². The van der Waals surface area contributed by atoms with Crippen molar-refractivity contribution in [2.45, 2.75) is 46.0 Å². The third-order valence-corrected chi connectivity index (χ3v) is 2.43. The number of rotatable bonds is 3. The van der Waals surface area contributed by atoms with Gasteiger partial charge in [-0.2, -0.15) is 12.2 Å². The molecule has 0 radical (unpaired) electrons. The van der Waals surface area contributed by atoms with Crippen LogP contribution in [0.1, 0.15) is 46.0 Å². The summed E-state index contributed by atoms with van der Waals surface area (Å²) in [7, 11) is 0. The van der Waals surface area contributed by atoms with Gasteiger partial charge in [-0.05, 0) is 0 Å². The molecule has 2 aliphatic carbocycles. The van der Waals surface area contributed by atoms with Crippen LogP contribution in [-0.4, -0.2) is 0 Å². The molecule has 0 spiro atoms. The zero-order chi connectivity index (χ0) is 10.9. The van der Waals surface area contributed by atoms with E-state index in [9.17, 15) is 0 Å². The van der Waals surface area contributed by atoms with Gasteiger partial charge in [-0.1, -0.05) is 33.1 Å². The van der Waals surface area contributed by atoms with Crippen LogP contribution in [0.15, 0.2) is 35.5 Å². The van der Waals surface area contributed by atoms with Crippen LogP contribution in [0.3, 0.4) is 0 Å². The van der Waals surface area contributed by atoms with Crippen LogP contribution < -0.4 is 0 Å². The largest absolute Gasteiger partial charge is 2.00 e. The summed E-state index contributed by atoms with van der Waals surface area (Å²) >= 11 is 0. The molecule has 0 nitrogen and oxygen atoms in total. The van der Waals surface area contributed by atoms with Crippen molar-refractivity contribution < 1.29 is 26.2 Å². The number of hydrogen-bond acceptors (Lipinski definition) is 0. The maximum atomic E-state index is 3.30. The van der Waals surface area contributed by atoms with Gasteiger partial charge in [-0.15, -0.1) is 12.8 Å². The average Bonchev–Trinajstić information content (AvgIpc) is 2.88. The first-order valence-electron chi connectivity index (χ1n) is 5.83. The first kappa shape index (κ1) is 15.8. The Balaban J connectivity index is 0.000000283. The third kappa shape index (κ3) is 7.17. The summed E-state index contributed by atoms with van der Waals surface area (Å²) in [4.78, 5) is 0. The molecule has 0 heterocycles. The molecule has 0 N–H and O–H groups in total. The fourth-order valence-electron chi connectivity index (χ4n) is 1.50. The van der Waals surface area contributed by atoms with E-state index in [4.69, 9.17) is 0 Å². The fourth-order valence-corrected chi connectivity index (χ4v) is 1.50. The van der Waals surface area contributed by atoms with Crippen molar-refractivity contribution in [3.63, 3.8) is 0 Å². The van der Waals surface area contributed by atoms with Gasteiger partial charge >= 0.3 is 26.2 Å². The van der Waals surface area contributed by atoms with Gasteiger partial charge in [0.25, 0.3) is 0 Å². The van der Waals surface area contributed by atoms with Gasteiger partial charge in [0, 0.05) is 0 Å². The summed E-state index contributed by atoms with van der Waals surface area (Å²) in [5.41, 5.74) is 2.69. The molecule has 2 aliphatic rings. The van der Waals surface area contributed by atoms with E-state index in [-0.39, 0.29) is 26.2 Å². The predicted octanol–water partition coefficient (Wildman–Crippen LogP) is 4.56. The van der Waals surface area contributed by atoms with Crippen LogP contribution >= 0.6 is 0 Å². The molecule has 84 valence electrons. The quantitative estimate of drug-likeness (QED) is 0.669. The molecule has 0 aromatic heterocycles. The first-order valence-corrected chi connectivity index (χ1v) is 5.83. The Morgan fingerprint density at radius 3 is 2.19 bits per heavy atom. The molecule has 0 aliphatic heterocycles. The smallest absolute Gasteiger partial charge is 0.270 e. The molecular formula is C15H20Zr. The van der Waals surface area contributed by atoms with E-state index in [0.29, 0.717) is 0 Å². The van der Waals surface area contributed by atoms with Gasteiger partial charge in [-0.25, -0.2) is 23.3 Å². The summed E-state index contributed by atoms with van der Waals surface area (Å²) in [6.07, 6.45) is 20.9. The molecule has 0 unspecified atom stereocenters. The SMILES string of the molecule is CC1=[C-]CC=C1.CCCCC1=[C-]CC=C1.[Zr+2]. The Kier molecular flexibility index (Phi) is 9.93. The Morgan fingerprint density at radius 2 is 1.81 bits per heavy atom. The van der Waals surface area contributed by atoms with Crippen LogP contribution in [0.2, 0.25) is 0 Å². The first-order chi connectivity index (χ1) is 7.33. The molecule has 0 atom stereocenters. The minimum atomic E-state index is 0. The average molecular weight is 292 g/mol. The normalized spacial score (nSPS) is 16.1. The van der Waals surface area contributed by atoms with Gasteiger partial charge in [0.05, 0.1) is 0 Å². The molecule has 0 saturated heterocycles. The molecule has 0 aromatic carbocycles. The van der Waals surface area contributed by atoms with Gasteiger partial charge in [0.15, 0.2) is 0 Å². The number of allylic oxidation sites excluding steroid dienone is 8. The number of unbranched alkanes of at least 4 members (excludes halogenated alkanes) is 1. The van der Waals surface area contributed by atoms with Gasteiger partial charge in [0.2, 0.25) is 0 Å². The summed E-state index contributed by atoms with van der Waals surface area (Å²) in [6, 6.07) is 0. The standard InChI is InChI=1S/C9H13.C6H7.Zr/c1-2-3-6-9-7-4-5-8-9;1-6-4-2-3-5-6;/h4,7H,2-3,5-6H2,1H3;2,4H,3H2,1H3;/q2*-1;+2. The third-order valence-electron chi connectivity index (χ3n) is 2.43. The zero-order valence-electron chi connectivity index (χ0n) is 10.3. The van der Waals surface area contributed by atoms with E-state index in [1.54, 1.807) is 0 Å². The van der Waals surface area contributed by atoms with Crippen LogP contribution in [0.5, 0.6) is 0 Å². The topological polar surface area (TPSA) is 0 Å². The Morgan fingerprint density at radius 1 is 1.12 bits per heavy atom. The Labute approximate surface area is 119 Å². The Bertz CT molecular complexity index is 290. The van der Waals surface area contributed by atoms with Crippen molar-refractivity contribution >= 4 is 0 Å². The van der Waals surface area contributed by atoms with E-state index in [0.717, 1.165) is 12.8 Å². The van der Waals surface area contributed by atoms with Crippen molar-refractivity contribution in [3.8, 4) is 0 Å². The van der Waals surface area contributed by atoms with Crippen molar-refractivity contribution in [1.29, 1.82) is 0 Å². The minimum Gasteiger partial charge on any atom is -0.270 e. The second-order valence-corrected chi connectivity index (χ2v) is 3.88. The number of hydrogen-bond donors (Lipinski definition) is 0. The van der Waals surface area contributed by atoms with Crippen LogP contribution in [0.4, 0.5) is 0 Å². The van der Waals surface area contributed by atoms with E-state index in [2.05, 4.69) is 50.3 Å². The molecule has 0 amide bonds. The molecule has 2 rings (SSSR count). The summed E-state index contributed by atoms with van der Waals surface area (Å²) < 4.78 is 0. The second kappa shape index (κ2) is 10.0. The van der Waals surface area contributed by atoms with Gasteiger partial charge in [-0.3, -0.25) is 12.2 Å². The fraction of sp³-hybridized carbons (Fsp3) is 0.467. The molecule has 0 bridgehead atoms. The van der Waals surface area contributed by atoms with Crippen LogP contribution in [0, 0.1) is 12.2 Å². The molecular weight excluding hydrogens is 271 g/mol. The van der Waals surface area contributed by atoms with E-state index in [1.807, 2.05) is 0 Å². The molecule has 0 saturated carbocycles. The second-order valence-electron chi connectivity index (χ2n) is 3.88. The summed E-state index contributed by atoms with van der Waals surface area (Å²) in [5.74, 6) is 0. The predicted molar refractivity (Wildman–Crippen MR) is 66.2 cm³/mol. The van der Waals surface area contributed by atoms with Crippen molar-refractivity contribution in [1.82, 2.24) is 0 Å². The van der Waals surface area contributed by atoms with E-state index < -0.39 is 0 Å². The summed E-state index contributed by atoms with van der Waals surface area (Å²) in [6.45, 7) is 4.28.